The molecule has 0 aliphatic rings. The first-order valence-corrected chi connectivity index (χ1v) is 7.75. The monoisotopic (exact) mass is 362 g/mol. The summed E-state index contributed by atoms with van der Waals surface area (Å²) in [7, 11) is 0. The van der Waals surface area contributed by atoms with E-state index >= 15 is 0 Å². The smallest absolute Gasteiger partial charge is 0.387 e. The van der Waals surface area contributed by atoms with Crippen LogP contribution in [0.3, 0.4) is 0 Å². The molecule has 0 aliphatic heterocycles. The minimum Gasteiger partial charge on any atom is -0.433 e. The third-order valence-electron chi connectivity index (χ3n) is 3.65. The molecule has 2 aromatic carbocycles. The number of rotatable bonds is 6. The van der Waals surface area contributed by atoms with Gasteiger partial charge in [-0.25, -0.2) is 4.79 Å². The van der Waals surface area contributed by atoms with E-state index in [0.717, 1.165) is 0 Å². The van der Waals surface area contributed by atoms with Gasteiger partial charge in [0.2, 0.25) is 5.91 Å². The number of fused-ring (bicyclic) bond motifs is 1. The molecule has 7 nitrogen and oxygen atoms in total. The molecule has 3 rings (SSSR count). The van der Waals surface area contributed by atoms with Gasteiger partial charge in [0, 0.05) is 5.69 Å². The summed E-state index contributed by atoms with van der Waals surface area (Å²) in [6.45, 7) is -1.37. The highest BCUT2D eigenvalue weighted by atomic mass is 19.3. The Hall–Kier alpha value is -3.36. The van der Waals surface area contributed by atoms with Gasteiger partial charge in [0.25, 0.3) is 0 Å². The fourth-order valence-electron chi connectivity index (χ4n) is 2.45. The van der Waals surface area contributed by atoms with Crippen LogP contribution in [0.4, 0.5) is 20.2 Å². The third-order valence-corrected chi connectivity index (χ3v) is 3.65. The molecule has 1 unspecified atom stereocenters. The van der Waals surface area contributed by atoms with Crippen LogP contribution in [0.2, 0.25) is 0 Å². The summed E-state index contributed by atoms with van der Waals surface area (Å²) in [5.41, 5.74) is 1.70. The first-order valence-electron chi connectivity index (χ1n) is 7.75. The molecule has 3 aromatic rings. The van der Waals surface area contributed by atoms with Crippen LogP contribution in [-0.2, 0) is 4.79 Å². The first-order chi connectivity index (χ1) is 12.4. The lowest BCUT2D eigenvalue weighted by atomic mass is 10.2. The number of amides is 1. The van der Waals surface area contributed by atoms with Crippen molar-refractivity contribution in [2.75, 3.05) is 10.6 Å². The van der Waals surface area contributed by atoms with Gasteiger partial charge in [-0.1, -0.05) is 12.1 Å². The van der Waals surface area contributed by atoms with Crippen molar-refractivity contribution < 1.29 is 18.3 Å². The Balaban J connectivity index is 1.70. The summed E-state index contributed by atoms with van der Waals surface area (Å²) >= 11 is 0. The molecule has 0 saturated heterocycles. The van der Waals surface area contributed by atoms with Crippen molar-refractivity contribution in [1.29, 1.82) is 0 Å². The number of H-pyrrole nitrogens is 2. The number of imidazole rings is 1. The van der Waals surface area contributed by atoms with Crippen molar-refractivity contribution in [3.05, 3.63) is 52.9 Å². The van der Waals surface area contributed by atoms with Crippen LogP contribution in [0.1, 0.15) is 6.92 Å². The second kappa shape index (κ2) is 7.26. The number of ether oxygens (including phenoxy) is 1. The number of aromatic nitrogens is 2. The quantitative estimate of drug-likeness (QED) is 0.542. The molecule has 1 atom stereocenters. The molecule has 0 fully saturated rings. The van der Waals surface area contributed by atoms with Crippen molar-refractivity contribution in [2.45, 2.75) is 19.6 Å². The molecule has 0 radical (unpaired) electrons. The SMILES string of the molecule is CC(Nc1ccc2[nH]c(=O)[nH]c2c1)C(=O)Nc1ccccc1OC(F)F. The Morgan fingerprint density at radius 1 is 1.12 bits per heavy atom. The number of aromatic amines is 2. The van der Waals surface area contributed by atoms with Gasteiger partial charge in [0.1, 0.15) is 11.8 Å². The van der Waals surface area contributed by atoms with E-state index in [-0.39, 0.29) is 17.1 Å². The van der Waals surface area contributed by atoms with Crippen molar-refractivity contribution in [3.63, 3.8) is 0 Å². The molecule has 0 aliphatic carbocycles. The molecule has 1 heterocycles. The highest BCUT2D eigenvalue weighted by Crippen LogP contribution is 2.25. The lowest BCUT2D eigenvalue weighted by Crippen LogP contribution is -2.32. The number of benzene rings is 2. The molecule has 1 amide bonds. The maximum absolute atomic E-state index is 12.4. The Bertz CT molecular complexity index is 983. The maximum Gasteiger partial charge on any atom is 0.387 e. The van der Waals surface area contributed by atoms with Gasteiger partial charge >= 0.3 is 12.3 Å². The summed E-state index contributed by atoms with van der Waals surface area (Å²) in [6.07, 6.45) is 0. The molecule has 0 bridgehead atoms. The summed E-state index contributed by atoms with van der Waals surface area (Å²) in [5, 5.41) is 5.54. The Kier molecular flexibility index (Phi) is 4.87. The number of alkyl halides is 2. The van der Waals surface area contributed by atoms with Crippen LogP contribution >= 0.6 is 0 Å². The van der Waals surface area contributed by atoms with E-state index in [1.165, 1.54) is 18.2 Å². The fourth-order valence-corrected chi connectivity index (χ4v) is 2.45. The highest BCUT2D eigenvalue weighted by molar-refractivity contribution is 5.97. The Labute approximate surface area is 146 Å². The van der Waals surface area contributed by atoms with Crippen LogP contribution in [0.5, 0.6) is 5.75 Å². The Morgan fingerprint density at radius 3 is 2.62 bits per heavy atom. The second-order valence-corrected chi connectivity index (χ2v) is 5.57. The van der Waals surface area contributed by atoms with Crippen LogP contribution in [-0.4, -0.2) is 28.5 Å². The third kappa shape index (κ3) is 4.00. The van der Waals surface area contributed by atoms with Gasteiger partial charge in [-0.05, 0) is 37.3 Å². The molecular weight excluding hydrogens is 346 g/mol. The van der Waals surface area contributed by atoms with Crippen molar-refractivity contribution in [1.82, 2.24) is 9.97 Å². The van der Waals surface area contributed by atoms with Crippen molar-refractivity contribution >= 4 is 28.3 Å². The zero-order chi connectivity index (χ0) is 18.7. The van der Waals surface area contributed by atoms with Gasteiger partial charge < -0.3 is 25.3 Å². The number of nitrogens with one attached hydrogen (secondary N) is 4. The largest absolute Gasteiger partial charge is 0.433 e. The number of anilines is 2. The number of para-hydroxylation sites is 2. The summed E-state index contributed by atoms with van der Waals surface area (Å²) in [6, 6.07) is 10.4. The summed E-state index contributed by atoms with van der Waals surface area (Å²) in [5.74, 6) is -0.549. The van der Waals surface area contributed by atoms with E-state index in [9.17, 15) is 18.4 Å². The molecule has 9 heteroatoms. The molecule has 0 spiro atoms. The second-order valence-electron chi connectivity index (χ2n) is 5.57. The van der Waals surface area contributed by atoms with Gasteiger partial charge in [0.15, 0.2) is 0 Å². The van der Waals surface area contributed by atoms with E-state index in [1.807, 2.05) is 0 Å². The van der Waals surface area contributed by atoms with Crippen LogP contribution in [0.15, 0.2) is 47.3 Å². The Morgan fingerprint density at radius 2 is 1.85 bits per heavy atom. The van der Waals surface area contributed by atoms with E-state index in [2.05, 4.69) is 25.3 Å². The first kappa shape index (κ1) is 17.5. The lowest BCUT2D eigenvalue weighted by Gasteiger charge is -2.17. The number of carbonyl (C=O) groups is 1. The van der Waals surface area contributed by atoms with E-state index in [1.54, 1.807) is 31.2 Å². The minimum atomic E-state index is -2.99. The number of hydrogen-bond acceptors (Lipinski definition) is 4. The van der Waals surface area contributed by atoms with Crippen LogP contribution in [0, 0.1) is 0 Å². The van der Waals surface area contributed by atoms with Crippen LogP contribution < -0.4 is 21.1 Å². The van der Waals surface area contributed by atoms with E-state index < -0.39 is 18.6 Å². The van der Waals surface area contributed by atoms with E-state index in [0.29, 0.717) is 16.7 Å². The van der Waals surface area contributed by atoms with Gasteiger partial charge in [-0.2, -0.15) is 8.78 Å². The predicted molar refractivity (Wildman–Crippen MR) is 93.7 cm³/mol. The fraction of sp³-hybridized carbons (Fsp3) is 0.176. The average Bonchev–Trinajstić information content (AvgIpc) is 2.95. The molecular formula is C17H16F2N4O3. The van der Waals surface area contributed by atoms with Crippen molar-refractivity contribution in [3.8, 4) is 5.75 Å². The number of hydrogen-bond donors (Lipinski definition) is 4. The van der Waals surface area contributed by atoms with Gasteiger partial charge in [0.05, 0.1) is 16.7 Å². The average molecular weight is 362 g/mol. The maximum atomic E-state index is 12.4. The molecule has 1 aromatic heterocycles. The predicted octanol–water partition coefficient (Wildman–Crippen LogP) is 2.90. The van der Waals surface area contributed by atoms with E-state index in [4.69, 9.17) is 0 Å². The van der Waals surface area contributed by atoms with Crippen LogP contribution in [0.25, 0.3) is 11.0 Å². The molecule has 0 saturated carbocycles. The standard InChI is InChI=1S/C17H16F2N4O3/c1-9(20-10-6-7-11-13(8-10)23-17(25)22-11)15(24)21-12-4-2-3-5-14(12)26-16(18)19/h2-9,16,20H,1H3,(H,21,24)(H2,22,23,25). The summed E-state index contributed by atoms with van der Waals surface area (Å²) in [4.78, 5) is 28.9. The number of halogens is 2. The van der Waals surface area contributed by atoms with Gasteiger partial charge in [-0.15, -0.1) is 0 Å². The zero-order valence-electron chi connectivity index (χ0n) is 13.7. The lowest BCUT2D eigenvalue weighted by molar-refractivity contribution is -0.116. The molecule has 26 heavy (non-hydrogen) atoms. The topological polar surface area (TPSA) is 99.0 Å². The van der Waals surface area contributed by atoms with Gasteiger partial charge in [-0.3, -0.25) is 4.79 Å². The molecule has 4 N–H and O–H groups in total. The minimum absolute atomic E-state index is 0.116. The zero-order valence-corrected chi connectivity index (χ0v) is 13.7. The summed E-state index contributed by atoms with van der Waals surface area (Å²) < 4.78 is 29.3. The van der Waals surface area contributed by atoms with Crippen molar-refractivity contribution in [2.24, 2.45) is 0 Å². The molecule has 136 valence electrons. The number of carbonyl (C=O) groups excluding carboxylic acids is 1. The normalized spacial score (nSPS) is 12.2. The highest BCUT2D eigenvalue weighted by Gasteiger charge is 2.16.